The minimum Gasteiger partial charge on any atom is -0.383 e. The lowest BCUT2D eigenvalue weighted by Crippen LogP contribution is -2.29. The molecular weight excluding hydrogens is 166 g/mol. The van der Waals surface area contributed by atoms with Crippen LogP contribution in [0.25, 0.3) is 0 Å². The maximum Gasteiger partial charge on any atom is 0.0635 e. The number of ether oxygens (including phenoxy) is 1. The van der Waals surface area contributed by atoms with Crippen molar-refractivity contribution < 1.29 is 4.74 Å². The van der Waals surface area contributed by atoms with Crippen LogP contribution in [0.2, 0.25) is 0 Å². The minimum atomic E-state index is 0.509. The topological polar surface area (TPSA) is 60.0 Å². The minimum absolute atomic E-state index is 0.509. The number of nitriles is 2. The number of rotatable bonds is 7. The first-order chi connectivity index (χ1) is 6.35. The van der Waals surface area contributed by atoms with Crippen LogP contribution in [0.4, 0.5) is 0 Å². The molecule has 13 heavy (non-hydrogen) atoms. The Morgan fingerprint density at radius 2 is 1.62 bits per heavy atom. The van der Waals surface area contributed by atoms with Crippen molar-refractivity contribution in [2.45, 2.75) is 12.8 Å². The second kappa shape index (κ2) is 8.99. The second-order valence-corrected chi connectivity index (χ2v) is 2.65. The van der Waals surface area contributed by atoms with E-state index >= 15 is 0 Å². The Morgan fingerprint density at radius 3 is 2.00 bits per heavy atom. The summed E-state index contributed by atoms with van der Waals surface area (Å²) in [5, 5.41) is 16.8. The molecule has 0 N–H and O–H groups in total. The molecule has 0 atom stereocenters. The van der Waals surface area contributed by atoms with Gasteiger partial charge in [0.1, 0.15) is 0 Å². The van der Waals surface area contributed by atoms with Crippen molar-refractivity contribution >= 4 is 0 Å². The predicted octanol–water partition coefficient (Wildman–Crippen LogP) is 0.762. The highest BCUT2D eigenvalue weighted by molar-refractivity contribution is 4.76. The van der Waals surface area contributed by atoms with Crippen LogP contribution in [-0.2, 0) is 4.74 Å². The Balaban J connectivity index is 3.62. The van der Waals surface area contributed by atoms with Crippen molar-refractivity contribution in [1.29, 1.82) is 10.5 Å². The van der Waals surface area contributed by atoms with E-state index < -0.39 is 0 Å². The molecule has 0 fully saturated rings. The highest BCUT2D eigenvalue weighted by Gasteiger charge is 2.02. The molecule has 0 spiro atoms. The molecule has 0 aliphatic rings. The number of methoxy groups -OCH3 is 1. The first-order valence-corrected chi connectivity index (χ1v) is 4.30. The van der Waals surface area contributed by atoms with E-state index in [4.69, 9.17) is 15.3 Å². The van der Waals surface area contributed by atoms with Crippen LogP contribution < -0.4 is 0 Å². The van der Waals surface area contributed by atoms with Gasteiger partial charge in [-0.05, 0) is 0 Å². The summed E-state index contributed by atoms with van der Waals surface area (Å²) in [7, 11) is 1.65. The lowest BCUT2D eigenvalue weighted by molar-refractivity contribution is 0.150. The maximum absolute atomic E-state index is 8.39. The molecule has 0 unspecified atom stereocenters. The summed E-state index contributed by atoms with van der Waals surface area (Å²) >= 11 is 0. The third-order valence-electron chi connectivity index (χ3n) is 1.69. The maximum atomic E-state index is 8.39. The van der Waals surface area contributed by atoms with Crippen LogP contribution in [0.15, 0.2) is 0 Å². The van der Waals surface area contributed by atoms with Crippen molar-refractivity contribution in [2.75, 3.05) is 33.4 Å². The van der Waals surface area contributed by atoms with Gasteiger partial charge in [0, 0.05) is 39.6 Å². The van der Waals surface area contributed by atoms with Crippen molar-refractivity contribution in [3.8, 4) is 12.1 Å². The van der Waals surface area contributed by atoms with Crippen molar-refractivity contribution in [3.63, 3.8) is 0 Å². The van der Waals surface area contributed by atoms with E-state index in [0.717, 1.165) is 19.6 Å². The first kappa shape index (κ1) is 11.9. The fourth-order valence-corrected chi connectivity index (χ4v) is 0.972. The van der Waals surface area contributed by atoms with Gasteiger partial charge >= 0.3 is 0 Å². The van der Waals surface area contributed by atoms with Crippen LogP contribution >= 0.6 is 0 Å². The van der Waals surface area contributed by atoms with Crippen molar-refractivity contribution in [1.82, 2.24) is 4.90 Å². The van der Waals surface area contributed by atoms with Crippen molar-refractivity contribution in [3.05, 3.63) is 0 Å². The summed E-state index contributed by atoms with van der Waals surface area (Å²) < 4.78 is 4.92. The largest absolute Gasteiger partial charge is 0.383 e. The Morgan fingerprint density at radius 1 is 1.08 bits per heavy atom. The quantitative estimate of drug-likeness (QED) is 0.582. The lowest BCUT2D eigenvalue weighted by atomic mass is 10.3. The average molecular weight is 181 g/mol. The fourth-order valence-electron chi connectivity index (χ4n) is 0.972. The van der Waals surface area contributed by atoms with Gasteiger partial charge in [0.25, 0.3) is 0 Å². The van der Waals surface area contributed by atoms with Gasteiger partial charge in [-0.2, -0.15) is 10.5 Å². The molecular formula is C9H15N3O. The molecule has 4 nitrogen and oxygen atoms in total. The Kier molecular flexibility index (Phi) is 8.23. The van der Waals surface area contributed by atoms with Gasteiger partial charge in [-0.1, -0.05) is 0 Å². The molecule has 4 heteroatoms. The van der Waals surface area contributed by atoms with Gasteiger partial charge in [0.2, 0.25) is 0 Å². The molecule has 0 saturated heterocycles. The van der Waals surface area contributed by atoms with E-state index in [9.17, 15) is 0 Å². The van der Waals surface area contributed by atoms with E-state index in [0.29, 0.717) is 19.4 Å². The lowest BCUT2D eigenvalue weighted by Gasteiger charge is -2.18. The van der Waals surface area contributed by atoms with Crippen LogP contribution in [0.5, 0.6) is 0 Å². The van der Waals surface area contributed by atoms with E-state index in [1.807, 2.05) is 0 Å². The number of hydrogen-bond acceptors (Lipinski definition) is 4. The predicted molar refractivity (Wildman–Crippen MR) is 48.8 cm³/mol. The zero-order valence-corrected chi connectivity index (χ0v) is 7.99. The molecule has 0 amide bonds. The summed E-state index contributed by atoms with van der Waals surface area (Å²) in [4.78, 5) is 2.07. The average Bonchev–Trinajstić information content (AvgIpc) is 2.17. The van der Waals surface area contributed by atoms with Crippen LogP contribution in [0.3, 0.4) is 0 Å². The smallest absolute Gasteiger partial charge is 0.0635 e. The van der Waals surface area contributed by atoms with Gasteiger partial charge in [-0.15, -0.1) is 0 Å². The fraction of sp³-hybridized carbons (Fsp3) is 0.778. The van der Waals surface area contributed by atoms with E-state index in [1.54, 1.807) is 7.11 Å². The third kappa shape index (κ3) is 7.27. The van der Waals surface area contributed by atoms with E-state index in [-0.39, 0.29) is 0 Å². The van der Waals surface area contributed by atoms with Gasteiger partial charge in [0.05, 0.1) is 18.7 Å². The molecule has 0 heterocycles. The molecule has 0 aliphatic heterocycles. The molecule has 0 aromatic rings. The number of hydrogen-bond donors (Lipinski definition) is 0. The van der Waals surface area contributed by atoms with Crippen LogP contribution in [-0.4, -0.2) is 38.3 Å². The van der Waals surface area contributed by atoms with E-state index in [1.165, 1.54) is 0 Å². The van der Waals surface area contributed by atoms with Gasteiger partial charge < -0.3 is 4.74 Å². The molecule has 0 bridgehead atoms. The Bertz CT molecular complexity index is 174. The molecule has 0 aromatic carbocycles. The monoisotopic (exact) mass is 181 g/mol. The molecule has 0 rings (SSSR count). The Labute approximate surface area is 79.3 Å². The molecule has 0 radical (unpaired) electrons. The summed E-state index contributed by atoms with van der Waals surface area (Å²) in [6.07, 6.45) is 1.02. The standard InChI is InChI=1S/C9H15N3O/c1-13-9-8-12(6-2-4-10)7-3-5-11/h2-3,6-9H2,1H3. The normalized spacial score (nSPS) is 9.54. The third-order valence-corrected chi connectivity index (χ3v) is 1.69. The second-order valence-electron chi connectivity index (χ2n) is 2.65. The molecule has 0 aliphatic carbocycles. The van der Waals surface area contributed by atoms with Gasteiger partial charge in [-0.3, -0.25) is 4.90 Å². The van der Waals surface area contributed by atoms with E-state index in [2.05, 4.69) is 17.0 Å². The van der Waals surface area contributed by atoms with Crippen LogP contribution in [0, 0.1) is 22.7 Å². The zero-order chi connectivity index (χ0) is 9.94. The van der Waals surface area contributed by atoms with Crippen molar-refractivity contribution in [2.24, 2.45) is 0 Å². The van der Waals surface area contributed by atoms with Crippen LogP contribution in [0.1, 0.15) is 12.8 Å². The molecule has 0 aromatic heterocycles. The molecule has 72 valence electrons. The summed E-state index contributed by atoms with van der Waals surface area (Å²) in [6.45, 7) is 2.89. The van der Waals surface area contributed by atoms with Gasteiger partial charge in [-0.25, -0.2) is 0 Å². The number of nitrogens with zero attached hydrogens (tertiary/aromatic N) is 3. The highest BCUT2D eigenvalue weighted by atomic mass is 16.5. The Hall–Kier alpha value is -1.10. The molecule has 0 saturated carbocycles. The zero-order valence-electron chi connectivity index (χ0n) is 7.99. The summed E-state index contributed by atoms with van der Waals surface area (Å²) in [5.74, 6) is 0. The first-order valence-electron chi connectivity index (χ1n) is 4.30. The summed E-state index contributed by atoms with van der Waals surface area (Å²) in [5.41, 5.74) is 0. The highest BCUT2D eigenvalue weighted by Crippen LogP contribution is 1.93. The summed E-state index contributed by atoms with van der Waals surface area (Å²) in [6, 6.07) is 4.17. The van der Waals surface area contributed by atoms with Gasteiger partial charge in [0.15, 0.2) is 0 Å². The SMILES string of the molecule is COCCN(CCC#N)CCC#N.